The molecule has 0 atom stereocenters. The van der Waals surface area contributed by atoms with Gasteiger partial charge in [0.1, 0.15) is 0 Å². The van der Waals surface area contributed by atoms with Crippen LogP contribution in [0.3, 0.4) is 0 Å². The third-order valence-electron chi connectivity index (χ3n) is 3.13. The molecule has 2 N–H and O–H groups in total. The first-order valence-corrected chi connectivity index (χ1v) is 7.28. The molecule has 5 heteroatoms. The van der Waals surface area contributed by atoms with Gasteiger partial charge in [0.25, 0.3) is 0 Å². The molecule has 0 aromatic heterocycles. The zero-order chi connectivity index (χ0) is 16.1. The molecule has 0 aliphatic carbocycles. The zero-order valence-electron chi connectivity index (χ0n) is 12.8. The van der Waals surface area contributed by atoms with Crippen LogP contribution in [0.4, 0.5) is 11.4 Å². The number of rotatable bonds is 4. The predicted molar refractivity (Wildman–Crippen MR) is 92.8 cm³/mol. The normalized spacial score (nSPS) is 11.2. The fourth-order valence-corrected chi connectivity index (χ4v) is 2.08. The summed E-state index contributed by atoms with van der Waals surface area (Å²) in [5.74, 6) is -0.0980. The molecule has 2 rings (SSSR count). The Labute approximate surface area is 135 Å². The Morgan fingerprint density at radius 3 is 2.55 bits per heavy atom. The minimum atomic E-state index is -0.0980. The van der Waals surface area contributed by atoms with Crippen molar-refractivity contribution in [3.8, 4) is 0 Å². The average Bonchev–Trinajstić information content (AvgIpc) is 2.48. The minimum Gasteiger partial charge on any atom is -0.326 e. The molecule has 0 aliphatic heterocycles. The summed E-state index contributed by atoms with van der Waals surface area (Å²) >= 11 is 6.09. The molecule has 2 aromatic rings. The number of hydrogen-bond acceptors (Lipinski definition) is 3. The molecule has 0 heterocycles. The molecule has 0 saturated carbocycles. The highest BCUT2D eigenvalue weighted by Gasteiger charge is 2.02. The molecule has 2 aromatic carbocycles. The molecular weight excluding hydrogens is 298 g/mol. The van der Waals surface area contributed by atoms with E-state index >= 15 is 0 Å². The number of hydrogen-bond donors (Lipinski definition) is 2. The number of hydrazone groups is 1. The van der Waals surface area contributed by atoms with Gasteiger partial charge in [-0.1, -0.05) is 29.8 Å². The van der Waals surface area contributed by atoms with Crippen LogP contribution in [0, 0.1) is 6.92 Å². The van der Waals surface area contributed by atoms with Gasteiger partial charge in [-0.05, 0) is 49.2 Å². The topological polar surface area (TPSA) is 53.5 Å². The van der Waals surface area contributed by atoms with Gasteiger partial charge in [0.2, 0.25) is 5.91 Å². The largest absolute Gasteiger partial charge is 0.326 e. The van der Waals surface area contributed by atoms with Crippen molar-refractivity contribution in [1.29, 1.82) is 0 Å². The molecular formula is C17H18ClN3O. The highest BCUT2D eigenvalue weighted by molar-refractivity contribution is 6.31. The fourth-order valence-electron chi connectivity index (χ4n) is 1.90. The Bertz CT molecular complexity index is 726. The Hall–Kier alpha value is -2.33. The van der Waals surface area contributed by atoms with Crippen molar-refractivity contribution < 1.29 is 4.79 Å². The first kappa shape index (κ1) is 16.0. The SMILES string of the molecule is CC(=O)Nc1cccc(/C(C)=N\Nc2ccc(C)c(Cl)c2)c1. The van der Waals surface area contributed by atoms with Gasteiger partial charge in [-0.3, -0.25) is 10.2 Å². The number of halogens is 1. The van der Waals surface area contributed by atoms with Gasteiger partial charge in [-0.25, -0.2) is 0 Å². The van der Waals surface area contributed by atoms with Gasteiger partial charge in [0, 0.05) is 17.6 Å². The number of carbonyl (C=O) groups excluding carboxylic acids is 1. The maximum Gasteiger partial charge on any atom is 0.221 e. The third kappa shape index (κ3) is 4.33. The van der Waals surface area contributed by atoms with Crippen LogP contribution in [0.25, 0.3) is 0 Å². The number of aryl methyl sites for hydroxylation is 1. The van der Waals surface area contributed by atoms with E-state index < -0.39 is 0 Å². The van der Waals surface area contributed by atoms with Gasteiger partial charge >= 0.3 is 0 Å². The molecule has 22 heavy (non-hydrogen) atoms. The van der Waals surface area contributed by atoms with Gasteiger partial charge in [-0.15, -0.1) is 0 Å². The van der Waals surface area contributed by atoms with Gasteiger partial charge in [0.05, 0.1) is 11.4 Å². The second kappa shape index (κ2) is 7.09. The van der Waals surface area contributed by atoms with E-state index in [4.69, 9.17) is 11.6 Å². The van der Waals surface area contributed by atoms with E-state index in [1.54, 1.807) is 0 Å². The van der Waals surface area contributed by atoms with Crippen molar-refractivity contribution in [3.05, 3.63) is 58.6 Å². The summed E-state index contributed by atoms with van der Waals surface area (Å²) < 4.78 is 0. The van der Waals surface area contributed by atoms with E-state index in [9.17, 15) is 4.79 Å². The zero-order valence-corrected chi connectivity index (χ0v) is 13.5. The molecule has 0 spiro atoms. The number of carbonyl (C=O) groups is 1. The van der Waals surface area contributed by atoms with E-state index in [2.05, 4.69) is 15.8 Å². The maximum atomic E-state index is 11.1. The van der Waals surface area contributed by atoms with Crippen molar-refractivity contribution in [2.75, 3.05) is 10.7 Å². The van der Waals surface area contributed by atoms with Crippen LogP contribution in [-0.4, -0.2) is 11.6 Å². The summed E-state index contributed by atoms with van der Waals surface area (Å²) in [7, 11) is 0. The highest BCUT2D eigenvalue weighted by Crippen LogP contribution is 2.20. The second-order valence-electron chi connectivity index (χ2n) is 5.03. The molecule has 1 amide bonds. The van der Waals surface area contributed by atoms with Gasteiger partial charge < -0.3 is 5.32 Å². The van der Waals surface area contributed by atoms with Gasteiger partial charge in [-0.2, -0.15) is 5.10 Å². The summed E-state index contributed by atoms with van der Waals surface area (Å²) in [5, 5.41) is 7.81. The van der Waals surface area contributed by atoms with E-state index in [0.717, 1.165) is 28.2 Å². The predicted octanol–water partition coefficient (Wildman–Crippen LogP) is 4.44. The van der Waals surface area contributed by atoms with Crippen LogP contribution in [0.5, 0.6) is 0 Å². The lowest BCUT2D eigenvalue weighted by molar-refractivity contribution is -0.114. The molecule has 114 valence electrons. The van der Waals surface area contributed by atoms with Crippen LogP contribution < -0.4 is 10.7 Å². The van der Waals surface area contributed by atoms with Crippen LogP contribution in [0.1, 0.15) is 25.0 Å². The Morgan fingerprint density at radius 1 is 1.09 bits per heavy atom. The fraction of sp³-hybridized carbons (Fsp3) is 0.176. The van der Waals surface area contributed by atoms with E-state index in [1.165, 1.54) is 6.92 Å². The molecule has 0 saturated heterocycles. The minimum absolute atomic E-state index is 0.0980. The first-order valence-electron chi connectivity index (χ1n) is 6.90. The molecule has 0 fully saturated rings. The number of nitrogens with zero attached hydrogens (tertiary/aromatic N) is 1. The lowest BCUT2D eigenvalue weighted by Gasteiger charge is -2.07. The van der Waals surface area contributed by atoms with E-state index in [-0.39, 0.29) is 5.91 Å². The lowest BCUT2D eigenvalue weighted by Crippen LogP contribution is -2.07. The standard InChI is InChI=1S/C17H18ClN3O/c1-11-7-8-16(10-17(11)18)21-20-12(2)14-5-4-6-15(9-14)19-13(3)22/h4-10,21H,1-3H3,(H,19,22)/b20-12-. The smallest absolute Gasteiger partial charge is 0.221 e. The number of anilines is 2. The van der Waals surface area contributed by atoms with Gasteiger partial charge in [0.15, 0.2) is 0 Å². The Kier molecular flexibility index (Phi) is 5.17. The lowest BCUT2D eigenvalue weighted by atomic mass is 10.1. The summed E-state index contributed by atoms with van der Waals surface area (Å²) in [6, 6.07) is 13.2. The van der Waals surface area contributed by atoms with Crippen LogP contribution >= 0.6 is 11.6 Å². The monoisotopic (exact) mass is 315 g/mol. The number of benzene rings is 2. The molecule has 0 bridgehead atoms. The van der Waals surface area contributed by atoms with Crippen LogP contribution in [-0.2, 0) is 4.79 Å². The second-order valence-corrected chi connectivity index (χ2v) is 5.44. The summed E-state index contributed by atoms with van der Waals surface area (Å²) in [6.45, 7) is 5.33. The molecule has 0 radical (unpaired) electrons. The van der Waals surface area contributed by atoms with Crippen LogP contribution in [0.15, 0.2) is 47.6 Å². The maximum absolute atomic E-state index is 11.1. The van der Waals surface area contributed by atoms with Crippen molar-refractivity contribution in [3.63, 3.8) is 0 Å². The van der Waals surface area contributed by atoms with E-state index in [0.29, 0.717) is 5.02 Å². The van der Waals surface area contributed by atoms with E-state index in [1.807, 2.05) is 56.3 Å². The third-order valence-corrected chi connectivity index (χ3v) is 3.53. The van der Waals surface area contributed by atoms with Crippen molar-refractivity contribution in [2.24, 2.45) is 5.10 Å². The first-order chi connectivity index (χ1) is 10.5. The quantitative estimate of drug-likeness (QED) is 0.647. The van der Waals surface area contributed by atoms with Crippen molar-refractivity contribution in [1.82, 2.24) is 0 Å². The molecule has 0 unspecified atom stereocenters. The average molecular weight is 316 g/mol. The molecule has 0 aliphatic rings. The summed E-state index contributed by atoms with van der Waals surface area (Å²) in [4.78, 5) is 11.1. The Morgan fingerprint density at radius 2 is 1.86 bits per heavy atom. The summed E-state index contributed by atoms with van der Waals surface area (Å²) in [5.41, 5.74) is 7.32. The number of nitrogens with one attached hydrogen (secondary N) is 2. The van der Waals surface area contributed by atoms with Crippen molar-refractivity contribution >= 4 is 34.6 Å². The van der Waals surface area contributed by atoms with Crippen LogP contribution in [0.2, 0.25) is 5.02 Å². The van der Waals surface area contributed by atoms with Crippen molar-refractivity contribution in [2.45, 2.75) is 20.8 Å². The Balaban J connectivity index is 2.14. The number of amides is 1. The summed E-state index contributed by atoms with van der Waals surface area (Å²) in [6.07, 6.45) is 0. The molecule has 4 nitrogen and oxygen atoms in total. The highest BCUT2D eigenvalue weighted by atomic mass is 35.5.